The average molecular weight is 508 g/mol. The summed E-state index contributed by atoms with van der Waals surface area (Å²) in [6, 6.07) is 11.4. The highest BCUT2D eigenvalue weighted by molar-refractivity contribution is 6.03. The fourth-order valence-electron chi connectivity index (χ4n) is 5.09. The van der Waals surface area contributed by atoms with Crippen molar-refractivity contribution in [1.29, 1.82) is 0 Å². The monoisotopic (exact) mass is 507 g/mol. The molecule has 1 amide bonds. The number of amides is 1. The Hall–Kier alpha value is -3.43. The summed E-state index contributed by atoms with van der Waals surface area (Å²) in [6.07, 6.45) is 1.17. The van der Waals surface area contributed by atoms with Crippen LogP contribution in [-0.2, 0) is 0 Å². The number of likely N-dealkylation sites (N-methyl/N-ethyl adjacent to an activating group) is 1. The third kappa shape index (κ3) is 5.62. The van der Waals surface area contributed by atoms with Crippen LogP contribution in [0.1, 0.15) is 23.9 Å². The number of piperazine rings is 2. The Morgan fingerprint density at radius 3 is 2.30 bits per heavy atom. The Morgan fingerprint density at radius 1 is 0.946 bits per heavy atom. The van der Waals surface area contributed by atoms with Crippen molar-refractivity contribution in [3.05, 3.63) is 64.3 Å². The van der Waals surface area contributed by atoms with Crippen molar-refractivity contribution in [1.82, 2.24) is 9.80 Å². The lowest BCUT2D eigenvalue weighted by Gasteiger charge is -2.36. The van der Waals surface area contributed by atoms with Crippen molar-refractivity contribution in [2.24, 2.45) is 0 Å². The van der Waals surface area contributed by atoms with Gasteiger partial charge in [-0.1, -0.05) is 6.92 Å². The second kappa shape index (κ2) is 10.9. The Balaban J connectivity index is 1.33. The molecule has 37 heavy (non-hydrogen) atoms. The molecule has 2 aliphatic rings. The van der Waals surface area contributed by atoms with Crippen LogP contribution in [0.4, 0.5) is 21.5 Å². The van der Waals surface area contributed by atoms with Gasteiger partial charge in [0, 0.05) is 75.9 Å². The first kappa shape index (κ1) is 25.2. The number of halogens is 1. The molecule has 2 saturated heterocycles. The summed E-state index contributed by atoms with van der Waals surface area (Å²) in [5.41, 5.74) is 2.02. The van der Waals surface area contributed by atoms with Crippen molar-refractivity contribution in [2.75, 3.05) is 81.1 Å². The van der Waals surface area contributed by atoms with E-state index in [9.17, 15) is 14.0 Å². The van der Waals surface area contributed by atoms with Crippen LogP contribution in [0.3, 0.4) is 0 Å². The second-order valence-electron chi connectivity index (χ2n) is 9.90. The third-order valence-electron chi connectivity index (χ3n) is 7.24. The van der Waals surface area contributed by atoms with Crippen molar-refractivity contribution >= 4 is 33.9 Å². The number of hydrogen-bond acceptors (Lipinski definition) is 7. The molecule has 2 fully saturated rings. The lowest BCUT2D eigenvalue weighted by atomic mass is 10.1. The van der Waals surface area contributed by atoms with Crippen LogP contribution in [0.2, 0.25) is 0 Å². The highest BCUT2D eigenvalue weighted by Gasteiger charge is 2.22. The molecule has 1 N–H and O–H groups in total. The summed E-state index contributed by atoms with van der Waals surface area (Å²) in [7, 11) is 2.03. The Labute approximate surface area is 216 Å². The predicted molar refractivity (Wildman–Crippen MR) is 145 cm³/mol. The number of benzene rings is 2. The van der Waals surface area contributed by atoms with Gasteiger partial charge >= 0.3 is 0 Å². The zero-order valence-corrected chi connectivity index (χ0v) is 21.5. The molecule has 0 saturated carbocycles. The number of fused-ring (bicyclic) bond motifs is 1. The van der Waals surface area contributed by atoms with Gasteiger partial charge in [0.1, 0.15) is 5.82 Å². The molecule has 2 aromatic carbocycles. The van der Waals surface area contributed by atoms with E-state index in [-0.39, 0.29) is 16.7 Å². The van der Waals surface area contributed by atoms with Crippen molar-refractivity contribution in [2.45, 2.75) is 13.3 Å². The quantitative estimate of drug-likeness (QED) is 0.548. The summed E-state index contributed by atoms with van der Waals surface area (Å²) < 4.78 is 20.3. The van der Waals surface area contributed by atoms with Crippen LogP contribution >= 0.6 is 0 Å². The zero-order valence-electron chi connectivity index (χ0n) is 21.5. The molecule has 0 spiro atoms. The maximum atomic E-state index is 14.4. The van der Waals surface area contributed by atoms with Gasteiger partial charge in [0.15, 0.2) is 16.8 Å². The zero-order chi connectivity index (χ0) is 25.9. The minimum atomic E-state index is -0.520. The van der Waals surface area contributed by atoms with E-state index < -0.39 is 17.2 Å². The topological polar surface area (TPSA) is 72.3 Å². The third-order valence-corrected chi connectivity index (χ3v) is 7.24. The molecule has 5 rings (SSSR count). The first-order valence-electron chi connectivity index (χ1n) is 13.0. The Kier molecular flexibility index (Phi) is 7.43. The Bertz CT molecular complexity index is 1310. The Morgan fingerprint density at radius 2 is 1.62 bits per heavy atom. The summed E-state index contributed by atoms with van der Waals surface area (Å²) in [5, 5.41) is 2.96. The largest absolute Gasteiger partial charge is 0.448 e. The van der Waals surface area contributed by atoms with Crippen LogP contribution in [0.5, 0.6) is 0 Å². The lowest BCUT2D eigenvalue weighted by molar-refractivity contribution is 0.0997. The van der Waals surface area contributed by atoms with Gasteiger partial charge in [0.2, 0.25) is 0 Å². The highest BCUT2D eigenvalue weighted by Crippen LogP contribution is 2.29. The van der Waals surface area contributed by atoms with Gasteiger partial charge in [-0.05, 0) is 50.3 Å². The molecule has 0 bridgehead atoms. The summed E-state index contributed by atoms with van der Waals surface area (Å²) in [5.74, 6) is -1.12. The van der Waals surface area contributed by atoms with E-state index in [1.165, 1.54) is 18.6 Å². The van der Waals surface area contributed by atoms with Crippen molar-refractivity contribution in [3.63, 3.8) is 0 Å². The molecule has 8 nitrogen and oxygen atoms in total. The van der Waals surface area contributed by atoms with Gasteiger partial charge in [-0.25, -0.2) is 4.39 Å². The highest BCUT2D eigenvalue weighted by atomic mass is 19.1. The standard InChI is InChI=1S/C28H34FN5O3/c1-3-8-32-11-15-33(16-12-32)22-6-4-21(5-7-22)30-28(36)26-19-25(35)23-17-20(29)18-24(27(23)37-26)34-13-9-31(2)10-14-34/h4-7,17-19H,3,8-16H2,1-2H3,(H,30,36). The lowest BCUT2D eigenvalue weighted by Crippen LogP contribution is -2.46. The van der Waals surface area contributed by atoms with Gasteiger partial charge < -0.3 is 24.4 Å². The number of rotatable bonds is 6. The minimum Gasteiger partial charge on any atom is -0.448 e. The van der Waals surface area contributed by atoms with E-state index in [1.54, 1.807) is 0 Å². The maximum Gasteiger partial charge on any atom is 0.291 e. The molecule has 0 unspecified atom stereocenters. The minimum absolute atomic E-state index is 0.101. The molecule has 0 radical (unpaired) electrons. The fourth-order valence-corrected chi connectivity index (χ4v) is 5.09. The maximum absolute atomic E-state index is 14.4. The molecular formula is C28H34FN5O3. The molecule has 3 heterocycles. The number of hydrogen-bond donors (Lipinski definition) is 1. The van der Waals surface area contributed by atoms with Crippen molar-refractivity contribution in [3.8, 4) is 0 Å². The average Bonchev–Trinajstić information content (AvgIpc) is 2.90. The molecule has 196 valence electrons. The summed E-state index contributed by atoms with van der Waals surface area (Å²) in [4.78, 5) is 34.9. The fraction of sp³-hybridized carbons (Fsp3) is 0.429. The van der Waals surface area contributed by atoms with Gasteiger partial charge in [0.05, 0.1) is 11.1 Å². The van der Waals surface area contributed by atoms with Gasteiger partial charge in [0.25, 0.3) is 5.91 Å². The first-order chi connectivity index (χ1) is 17.9. The molecule has 3 aromatic rings. The van der Waals surface area contributed by atoms with E-state index >= 15 is 0 Å². The van der Waals surface area contributed by atoms with Crippen LogP contribution in [0.25, 0.3) is 11.0 Å². The number of carbonyl (C=O) groups is 1. The van der Waals surface area contributed by atoms with Gasteiger partial charge in [-0.3, -0.25) is 14.5 Å². The predicted octanol–water partition coefficient (Wildman–Crippen LogP) is 3.47. The van der Waals surface area contributed by atoms with Gasteiger partial charge in [-0.15, -0.1) is 0 Å². The number of nitrogens with one attached hydrogen (secondary N) is 1. The number of carbonyl (C=O) groups excluding carboxylic acids is 1. The molecule has 0 aliphatic carbocycles. The SMILES string of the molecule is CCCN1CCN(c2ccc(NC(=O)c3cc(=O)c4cc(F)cc(N5CCN(C)CC5)c4o3)cc2)CC1. The van der Waals surface area contributed by atoms with Crippen LogP contribution in [0, 0.1) is 5.82 Å². The number of anilines is 3. The van der Waals surface area contributed by atoms with Crippen LogP contribution in [-0.4, -0.2) is 81.7 Å². The molecule has 1 aromatic heterocycles. The molecule has 0 atom stereocenters. The van der Waals surface area contributed by atoms with E-state index in [0.717, 1.165) is 57.6 Å². The molecule has 2 aliphatic heterocycles. The molecule has 9 heteroatoms. The summed E-state index contributed by atoms with van der Waals surface area (Å²) in [6.45, 7) is 10.4. The number of nitrogens with zero attached hydrogens (tertiary/aromatic N) is 4. The smallest absolute Gasteiger partial charge is 0.291 e. The second-order valence-corrected chi connectivity index (χ2v) is 9.90. The van der Waals surface area contributed by atoms with Gasteiger partial charge in [-0.2, -0.15) is 0 Å². The van der Waals surface area contributed by atoms with E-state index in [4.69, 9.17) is 4.42 Å². The van der Waals surface area contributed by atoms with E-state index in [2.05, 4.69) is 26.9 Å². The van der Waals surface area contributed by atoms with Crippen molar-refractivity contribution < 1.29 is 13.6 Å². The van der Waals surface area contributed by atoms with Crippen LogP contribution in [0.15, 0.2) is 51.7 Å². The van der Waals surface area contributed by atoms with E-state index in [1.807, 2.05) is 36.2 Å². The summed E-state index contributed by atoms with van der Waals surface area (Å²) >= 11 is 0. The first-order valence-corrected chi connectivity index (χ1v) is 13.0. The normalized spacial score (nSPS) is 17.4. The van der Waals surface area contributed by atoms with Crippen LogP contribution < -0.4 is 20.5 Å². The molecular weight excluding hydrogens is 473 g/mol. The van der Waals surface area contributed by atoms with E-state index in [0.29, 0.717) is 24.5 Å².